The van der Waals surface area contributed by atoms with Crippen molar-refractivity contribution in [2.45, 2.75) is 25.6 Å². The maximum atomic E-state index is 14.3. The molecule has 0 bridgehead atoms. The molecule has 0 fully saturated rings. The van der Waals surface area contributed by atoms with Crippen LogP contribution in [0.3, 0.4) is 0 Å². The second kappa shape index (κ2) is 7.52. The number of aromatic nitrogens is 1. The summed E-state index contributed by atoms with van der Waals surface area (Å²) in [5.41, 5.74) is 2.02. The van der Waals surface area contributed by atoms with Crippen LogP contribution >= 0.6 is 0 Å². The molecule has 2 heterocycles. The zero-order valence-electron chi connectivity index (χ0n) is 15.1. The number of aryl methyl sites for hydroxylation is 1. The molecule has 1 aliphatic rings. The summed E-state index contributed by atoms with van der Waals surface area (Å²) in [5.74, 6) is -1.72. The molecule has 5 nitrogen and oxygen atoms in total. The lowest BCUT2D eigenvalue weighted by molar-refractivity contribution is -0.384. The number of halogens is 2. The van der Waals surface area contributed by atoms with Crippen molar-refractivity contribution in [2.75, 3.05) is 6.54 Å². The van der Waals surface area contributed by atoms with Crippen LogP contribution in [0.1, 0.15) is 29.3 Å². The van der Waals surface area contributed by atoms with Crippen LogP contribution in [0, 0.1) is 21.7 Å². The molecule has 28 heavy (non-hydrogen) atoms. The molecule has 3 aromatic rings. The van der Waals surface area contributed by atoms with E-state index in [1.807, 2.05) is 24.4 Å². The Morgan fingerprint density at radius 3 is 2.71 bits per heavy atom. The Morgan fingerprint density at radius 1 is 1.07 bits per heavy atom. The van der Waals surface area contributed by atoms with E-state index in [0.717, 1.165) is 30.3 Å². The molecule has 1 unspecified atom stereocenters. The number of benzene rings is 2. The summed E-state index contributed by atoms with van der Waals surface area (Å²) in [7, 11) is 0. The molecule has 144 valence electrons. The topological polar surface area (TPSA) is 51.3 Å². The highest BCUT2D eigenvalue weighted by atomic mass is 19.2. The van der Waals surface area contributed by atoms with Crippen molar-refractivity contribution in [1.82, 2.24) is 9.47 Å². The van der Waals surface area contributed by atoms with Gasteiger partial charge in [-0.05, 0) is 30.2 Å². The summed E-state index contributed by atoms with van der Waals surface area (Å²) < 4.78 is 30.1. The van der Waals surface area contributed by atoms with Crippen LogP contribution in [0.2, 0.25) is 0 Å². The fraction of sp³-hybridized carbons (Fsp3) is 0.238. The first-order chi connectivity index (χ1) is 13.5. The molecule has 1 atom stereocenters. The summed E-state index contributed by atoms with van der Waals surface area (Å²) >= 11 is 0. The monoisotopic (exact) mass is 383 g/mol. The number of non-ortho nitro benzene ring substituents is 1. The summed E-state index contributed by atoms with van der Waals surface area (Å²) in [4.78, 5) is 12.9. The van der Waals surface area contributed by atoms with Crippen LogP contribution in [0.15, 0.2) is 60.8 Å². The van der Waals surface area contributed by atoms with Gasteiger partial charge in [0.2, 0.25) is 0 Å². The smallest absolute Gasteiger partial charge is 0.269 e. The van der Waals surface area contributed by atoms with Crippen LogP contribution in [0.5, 0.6) is 0 Å². The first-order valence-corrected chi connectivity index (χ1v) is 9.11. The Bertz CT molecular complexity index is 1020. The molecule has 7 heteroatoms. The predicted molar refractivity (Wildman–Crippen MR) is 101 cm³/mol. The maximum Gasteiger partial charge on any atom is 0.269 e. The van der Waals surface area contributed by atoms with E-state index in [4.69, 9.17) is 0 Å². The molecular formula is C21H19F2N3O2. The minimum absolute atomic E-state index is 0.0109. The number of nitro groups is 1. The van der Waals surface area contributed by atoms with Crippen molar-refractivity contribution in [1.29, 1.82) is 0 Å². The third-order valence-corrected chi connectivity index (χ3v) is 5.16. The first kappa shape index (κ1) is 18.3. The van der Waals surface area contributed by atoms with E-state index < -0.39 is 16.6 Å². The van der Waals surface area contributed by atoms with Gasteiger partial charge < -0.3 is 4.57 Å². The van der Waals surface area contributed by atoms with Gasteiger partial charge in [-0.15, -0.1) is 0 Å². The highest BCUT2D eigenvalue weighted by Gasteiger charge is 2.29. The van der Waals surface area contributed by atoms with Gasteiger partial charge in [-0.3, -0.25) is 15.0 Å². The number of nitro benzene ring substituents is 1. The SMILES string of the molecule is O=[N+]([O-])c1cccc(C2c3cccn3CCCN2Cc2cccc(F)c2F)c1. The molecular weight excluding hydrogens is 364 g/mol. The van der Waals surface area contributed by atoms with Gasteiger partial charge in [0.1, 0.15) is 0 Å². The predicted octanol–water partition coefficient (Wildman–Crippen LogP) is 4.67. The molecule has 0 spiro atoms. The second-order valence-electron chi connectivity index (χ2n) is 6.92. The van der Waals surface area contributed by atoms with Crippen molar-refractivity contribution in [3.8, 4) is 0 Å². The second-order valence-corrected chi connectivity index (χ2v) is 6.92. The molecule has 0 saturated heterocycles. The van der Waals surface area contributed by atoms with Crippen molar-refractivity contribution in [3.05, 3.63) is 99.4 Å². The molecule has 0 radical (unpaired) electrons. The van der Waals surface area contributed by atoms with E-state index in [2.05, 4.69) is 9.47 Å². The zero-order valence-corrected chi connectivity index (χ0v) is 15.1. The lowest BCUT2D eigenvalue weighted by atomic mass is 10.0. The average Bonchev–Trinajstić information content (AvgIpc) is 3.07. The van der Waals surface area contributed by atoms with E-state index in [9.17, 15) is 18.9 Å². The third kappa shape index (κ3) is 3.41. The molecule has 1 aromatic heterocycles. The average molecular weight is 383 g/mol. The van der Waals surface area contributed by atoms with Gasteiger partial charge in [-0.1, -0.05) is 24.3 Å². The molecule has 0 amide bonds. The van der Waals surface area contributed by atoms with Crippen molar-refractivity contribution in [2.24, 2.45) is 0 Å². The normalized spacial score (nSPS) is 17.1. The van der Waals surface area contributed by atoms with Gasteiger partial charge in [-0.2, -0.15) is 0 Å². The lowest BCUT2D eigenvalue weighted by Crippen LogP contribution is -2.30. The molecule has 0 aliphatic carbocycles. The van der Waals surface area contributed by atoms with Gasteiger partial charge in [0.15, 0.2) is 11.6 Å². The lowest BCUT2D eigenvalue weighted by Gasteiger charge is -2.30. The molecule has 1 aliphatic heterocycles. The van der Waals surface area contributed by atoms with Gasteiger partial charge in [0, 0.05) is 49.2 Å². The molecule has 4 rings (SSSR count). The highest BCUT2D eigenvalue weighted by molar-refractivity contribution is 5.39. The Kier molecular flexibility index (Phi) is 4.92. The van der Waals surface area contributed by atoms with E-state index in [1.54, 1.807) is 18.2 Å². The number of hydrogen-bond donors (Lipinski definition) is 0. The van der Waals surface area contributed by atoms with Crippen LogP contribution in [-0.2, 0) is 13.1 Å². The fourth-order valence-corrected chi connectivity index (χ4v) is 3.89. The van der Waals surface area contributed by atoms with Crippen LogP contribution < -0.4 is 0 Å². The van der Waals surface area contributed by atoms with Crippen LogP contribution in [0.25, 0.3) is 0 Å². The summed E-state index contributed by atoms with van der Waals surface area (Å²) in [5, 5.41) is 11.2. The number of fused-ring (bicyclic) bond motifs is 1. The van der Waals surface area contributed by atoms with E-state index in [0.29, 0.717) is 6.54 Å². The van der Waals surface area contributed by atoms with E-state index in [1.165, 1.54) is 12.1 Å². The standard InChI is InChI=1S/C21H19F2N3O2/c22-18-8-2-6-16(20(18)23)14-25-12-4-11-24-10-3-9-19(24)21(25)15-5-1-7-17(13-15)26(27)28/h1-3,5-10,13,21H,4,11-12,14H2. The Balaban J connectivity index is 1.78. The quantitative estimate of drug-likeness (QED) is 0.486. The van der Waals surface area contributed by atoms with Gasteiger partial charge in [0.25, 0.3) is 5.69 Å². The van der Waals surface area contributed by atoms with Crippen LogP contribution in [0.4, 0.5) is 14.5 Å². The number of nitrogens with zero attached hydrogens (tertiary/aromatic N) is 3. The van der Waals surface area contributed by atoms with Gasteiger partial charge in [0.05, 0.1) is 11.0 Å². The minimum atomic E-state index is -0.873. The summed E-state index contributed by atoms with van der Waals surface area (Å²) in [6, 6.07) is 14.3. The minimum Gasteiger partial charge on any atom is -0.350 e. The van der Waals surface area contributed by atoms with E-state index >= 15 is 0 Å². The highest BCUT2D eigenvalue weighted by Crippen LogP contribution is 2.34. The number of rotatable bonds is 4. The summed E-state index contributed by atoms with van der Waals surface area (Å²) in [6.07, 6.45) is 2.82. The number of hydrogen-bond acceptors (Lipinski definition) is 3. The van der Waals surface area contributed by atoms with E-state index in [-0.39, 0.29) is 23.8 Å². The van der Waals surface area contributed by atoms with Crippen molar-refractivity contribution < 1.29 is 13.7 Å². The largest absolute Gasteiger partial charge is 0.350 e. The summed E-state index contributed by atoms with van der Waals surface area (Å²) in [6.45, 7) is 1.67. The van der Waals surface area contributed by atoms with Crippen LogP contribution in [-0.4, -0.2) is 20.9 Å². The van der Waals surface area contributed by atoms with Gasteiger partial charge >= 0.3 is 0 Å². The molecule has 0 N–H and O–H groups in total. The van der Waals surface area contributed by atoms with Crippen molar-refractivity contribution >= 4 is 5.69 Å². The van der Waals surface area contributed by atoms with Gasteiger partial charge in [-0.25, -0.2) is 8.78 Å². The molecule has 0 saturated carbocycles. The Hall–Kier alpha value is -3.06. The fourth-order valence-electron chi connectivity index (χ4n) is 3.89. The third-order valence-electron chi connectivity index (χ3n) is 5.16. The molecule has 2 aromatic carbocycles. The zero-order chi connectivity index (χ0) is 19.7. The van der Waals surface area contributed by atoms with Crippen molar-refractivity contribution in [3.63, 3.8) is 0 Å². The first-order valence-electron chi connectivity index (χ1n) is 9.11. The maximum absolute atomic E-state index is 14.3. The Morgan fingerprint density at radius 2 is 1.89 bits per heavy atom. The Labute approximate surface area is 161 Å².